The first kappa shape index (κ1) is 21.5. The quantitative estimate of drug-likeness (QED) is 0.470. The van der Waals surface area contributed by atoms with Gasteiger partial charge in [-0.3, -0.25) is 4.90 Å². The molecule has 1 aliphatic rings. The molecule has 3 heterocycles. The fraction of sp³-hybridized carbons (Fsp3) is 0.296. The zero-order valence-electron chi connectivity index (χ0n) is 19.4. The second-order valence-corrected chi connectivity index (χ2v) is 8.91. The number of nitrogens with zero attached hydrogens (tertiary/aromatic N) is 3. The zero-order valence-corrected chi connectivity index (χ0v) is 19.4. The maximum atomic E-state index is 10.3. The number of pyridine rings is 1. The summed E-state index contributed by atoms with van der Waals surface area (Å²) in [6, 6.07) is 16.5. The second kappa shape index (κ2) is 8.89. The predicted molar refractivity (Wildman–Crippen MR) is 133 cm³/mol. The summed E-state index contributed by atoms with van der Waals surface area (Å²) >= 11 is 0. The van der Waals surface area contributed by atoms with Crippen LogP contribution in [0.3, 0.4) is 0 Å². The Morgan fingerprint density at radius 2 is 1.70 bits per heavy atom. The molecule has 2 aromatic heterocycles. The Bertz CT molecular complexity index is 1270. The molecule has 0 saturated carbocycles. The van der Waals surface area contributed by atoms with E-state index in [1.54, 1.807) is 19.2 Å². The summed E-state index contributed by atoms with van der Waals surface area (Å²) in [5.41, 5.74) is 7.39. The van der Waals surface area contributed by atoms with Gasteiger partial charge in [0.25, 0.3) is 0 Å². The number of phenols is 1. The highest BCUT2D eigenvalue weighted by Gasteiger charge is 2.16. The number of benzene rings is 2. The van der Waals surface area contributed by atoms with Crippen LogP contribution in [-0.4, -0.2) is 65.2 Å². The van der Waals surface area contributed by atoms with E-state index >= 15 is 0 Å². The van der Waals surface area contributed by atoms with Crippen molar-refractivity contribution in [1.82, 2.24) is 19.8 Å². The summed E-state index contributed by atoms with van der Waals surface area (Å²) in [4.78, 5) is 13.0. The molecule has 5 rings (SSSR count). The van der Waals surface area contributed by atoms with Crippen molar-refractivity contribution >= 4 is 11.0 Å². The minimum Gasteiger partial charge on any atom is -0.504 e. The average molecular weight is 443 g/mol. The van der Waals surface area contributed by atoms with Crippen molar-refractivity contribution in [2.75, 3.05) is 40.3 Å². The summed E-state index contributed by atoms with van der Waals surface area (Å²) in [5, 5.41) is 11.3. The van der Waals surface area contributed by atoms with Gasteiger partial charge >= 0.3 is 0 Å². The highest BCUT2D eigenvalue weighted by molar-refractivity contribution is 5.98. The van der Waals surface area contributed by atoms with E-state index < -0.39 is 0 Å². The van der Waals surface area contributed by atoms with Crippen LogP contribution >= 0.6 is 0 Å². The molecule has 170 valence electrons. The lowest BCUT2D eigenvalue weighted by Gasteiger charge is -2.32. The Morgan fingerprint density at radius 1 is 0.970 bits per heavy atom. The number of rotatable bonds is 5. The third-order valence-corrected chi connectivity index (χ3v) is 6.59. The normalized spacial score (nSPS) is 15.2. The first-order chi connectivity index (χ1) is 16.0. The number of hydrogen-bond donors (Lipinski definition) is 2. The number of phenolic OH excluding ortho intramolecular Hbond substituents is 1. The molecule has 0 radical (unpaired) electrons. The van der Waals surface area contributed by atoms with E-state index in [2.05, 4.69) is 57.1 Å². The number of aromatic amines is 1. The topological polar surface area (TPSA) is 64.6 Å². The monoisotopic (exact) mass is 442 g/mol. The molecule has 0 spiro atoms. The minimum atomic E-state index is 0.129. The van der Waals surface area contributed by atoms with Crippen LogP contribution in [-0.2, 0) is 6.54 Å². The summed E-state index contributed by atoms with van der Waals surface area (Å²) in [6.07, 6.45) is 1.92. The standard InChI is InChI=1S/C27H30N4O2/c1-18-26(21-8-9-25(33-3)24(32)15-21)23-14-22(16-28-27(23)29-18)20-6-4-19(5-7-20)17-31-12-10-30(2)11-13-31/h4-9,14-16,32H,10-13,17H2,1-3H3,(H,28,29). The first-order valence-electron chi connectivity index (χ1n) is 11.4. The number of fused-ring (bicyclic) bond motifs is 1. The maximum absolute atomic E-state index is 10.3. The molecular weight excluding hydrogens is 412 g/mol. The molecule has 0 amide bonds. The number of piperazine rings is 1. The van der Waals surface area contributed by atoms with Gasteiger partial charge in [0, 0.05) is 61.1 Å². The van der Waals surface area contributed by atoms with Crippen LogP contribution in [0, 0.1) is 6.92 Å². The molecule has 1 aliphatic heterocycles. The van der Waals surface area contributed by atoms with Crippen LogP contribution in [0.4, 0.5) is 0 Å². The molecule has 6 nitrogen and oxygen atoms in total. The lowest BCUT2D eigenvalue weighted by Crippen LogP contribution is -2.43. The van der Waals surface area contributed by atoms with E-state index in [0.29, 0.717) is 5.75 Å². The van der Waals surface area contributed by atoms with Crippen LogP contribution in [0.15, 0.2) is 54.7 Å². The molecule has 0 atom stereocenters. The van der Waals surface area contributed by atoms with E-state index in [0.717, 1.165) is 71.7 Å². The number of aromatic nitrogens is 2. The highest BCUT2D eigenvalue weighted by atomic mass is 16.5. The van der Waals surface area contributed by atoms with Gasteiger partial charge < -0.3 is 19.7 Å². The van der Waals surface area contributed by atoms with Gasteiger partial charge in [-0.1, -0.05) is 30.3 Å². The Hall–Kier alpha value is -3.35. The average Bonchev–Trinajstić information content (AvgIpc) is 3.16. The van der Waals surface area contributed by atoms with Gasteiger partial charge in [-0.15, -0.1) is 0 Å². The number of aryl methyl sites for hydroxylation is 1. The first-order valence-corrected chi connectivity index (χ1v) is 11.4. The van der Waals surface area contributed by atoms with E-state index in [-0.39, 0.29) is 5.75 Å². The molecule has 1 saturated heterocycles. The third-order valence-electron chi connectivity index (χ3n) is 6.59. The molecule has 1 fully saturated rings. The number of H-pyrrole nitrogens is 1. The summed E-state index contributed by atoms with van der Waals surface area (Å²) in [7, 11) is 3.74. The molecule has 4 aromatic rings. The number of ether oxygens (including phenoxy) is 1. The van der Waals surface area contributed by atoms with Crippen molar-refractivity contribution in [2.45, 2.75) is 13.5 Å². The van der Waals surface area contributed by atoms with Gasteiger partial charge in [0.15, 0.2) is 11.5 Å². The van der Waals surface area contributed by atoms with Crippen LogP contribution in [0.5, 0.6) is 11.5 Å². The fourth-order valence-electron chi connectivity index (χ4n) is 4.64. The molecule has 33 heavy (non-hydrogen) atoms. The molecule has 6 heteroatoms. The van der Waals surface area contributed by atoms with E-state index in [4.69, 9.17) is 4.74 Å². The predicted octanol–water partition coefficient (Wildman–Crippen LogP) is 4.67. The molecule has 2 aromatic carbocycles. The van der Waals surface area contributed by atoms with Gasteiger partial charge in [0.05, 0.1) is 7.11 Å². The van der Waals surface area contributed by atoms with Crippen LogP contribution in [0.2, 0.25) is 0 Å². The Morgan fingerprint density at radius 3 is 2.39 bits per heavy atom. The number of methoxy groups -OCH3 is 1. The SMILES string of the molecule is COc1ccc(-c2c(C)[nH]c3ncc(-c4ccc(CN5CCN(C)CC5)cc4)cc23)cc1O. The molecule has 0 bridgehead atoms. The van der Waals surface area contributed by atoms with Gasteiger partial charge in [0.2, 0.25) is 0 Å². The van der Waals surface area contributed by atoms with Crippen LogP contribution in [0.1, 0.15) is 11.3 Å². The summed E-state index contributed by atoms with van der Waals surface area (Å²) in [6.45, 7) is 7.53. The van der Waals surface area contributed by atoms with Crippen molar-refractivity contribution in [2.24, 2.45) is 0 Å². The van der Waals surface area contributed by atoms with Crippen LogP contribution in [0.25, 0.3) is 33.3 Å². The van der Waals surface area contributed by atoms with Gasteiger partial charge in [-0.25, -0.2) is 4.98 Å². The Labute approximate surface area is 194 Å². The number of aromatic hydroxyl groups is 1. The zero-order chi connectivity index (χ0) is 22.9. The van der Waals surface area contributed by atoms with Crippen molar-refractivity contribution in [3.8, 4) is 33.8 Å². The largest absolute Gasteiger partial charge is 0.504 e. The fourth-order valence-corrected chi connectivity index (χ4v) is 4.64. The van der Waals surface area contributed by atoms with Crippen molar-refractivity contribution in [3.05, 3.63) is 66.0 Å². The summed E-state index contributed by atoms with van der Waals surface area (Å²) in [5.74, 6) is 0.593. The lowest BCUT2D eigenvalue weighted by molar-refractivity contribution is 0.148. The Kier molecular flexibility index (Phi) is 5.79. The minimum absolute atomic E-state index is 0.129. The lowest BCUT2D eigenvalue weighted by atomic mass is 9.99. The van der Waals surface area contributed by atoms with E-state index in [1.807, 2.05) is 19.2 Å². The van der Waals surface area contributed by atoms with Crippen molar-refractivity contribution < 1.29 is 9.84 Å². The van der Waals surface area contributed by atoms with Gasteiger partial charge in [-0.2, -0.15) is 0 Å². The van der Waals surface area contributed by atoms with Gasteiger partial charge in [0.1, 0.15) is 5.65 Å². The molecule has 2 N–H and O–H groups in total. The number of nitrogens with one attached hydrogen (secondary N) is 1. The van der Waals surface area contributed by atoms with E-state index in [9.17, 15) is 5.11 Å². The molecular formula is C27H30N4O2. The Balaban J connectivity index is 1.43. The van der Waals surface area contributed by atoms with Crippen molar-refractivity contribution in [1.29, 1.82) is 0 Å². The highest BCUT2D eigenvalue weighted by Crippen LogP contribution is 2.37. The smallest absolute Gasteiger partial charge is 0.160 e. The second-order valence-electron chi connectivity index (χ2n) is 8.91. The van der Waals surface area contributed by atoms with Crippen molar-refractivity contribution in [3.63, 3.8) is 0 Å². The maximum Gasteiger partial charge on any atom is 0.160 e. The van der Waals surface area contributed by atoms with E-state index in [1.165, 1.54) is 5.56 Å². The van der Waals surface area contributed by atoms with Gasteiger partial charge in [-0.05, 0) is 48.9 Å². The number of likely N-dealkylation sites (N-methyl/N-ethyl adjacent to an activating group) is 1. The molecule has 0 unspecified atom stereocenters. The number of hydrogen-bond acceptors (Lipinski definition) is 5. The van der Waals surface area contributed by atoms with Crippen LogP contribution < -0.4 is 4.74 Å². The third kappa shape index (κ3) is 4.32. The molecule has 0 aliphatic carbocycles. The summed E-state index contributed by atoms with van der Waals surface area (Å²) < 4.78 is 5.20.